The van der Waals surface area contributed by atoms with Crippen molar-refractivity contribution in [1.29, 1.82) is 0 Å². The number of thiophene rings is 1. The van der Waals surface area contributed by atoms with E-state index in [0.29, 0.717) is 11.5 Å². The van der Waals surface area contributed by atoms with Crippen molar-refractivity contribution in [3.8, 4) is 11.5 Å². The average molecular weight is 314 g/mol. The van der Waals surface area contributed by atoms with Crippen LogP contribution < -0.4 is 9.47 Å². The Morgan fingerprint density at radius 2 is 1.59 bits per heavy atom. The molecule has 1 aromatic heterocycles. The van der Waals surface area contributed by atoms with Crippen LogP contribution in [0, 0.1) is 6.92 Å². The van der Waals surface area contributed by atoms with Crippen molar-refractivity contribution in [2.75, 3.05) is 14.2 Å². The molecular formula is C18H18O3S. The second-order valence-corrected chi connectivity index (χ2v) is 6.46. The number of aliphatic hydroxyl groups is 1. The summed E-state index contributed by atoms with van der Waals surface area (Å²) in [4.78, 5) is 1.27. The molecule has 0 aliphatic rings. The van der Waals surface area contributed by atoms with Crippen molar-refractivity contribution < 1.29 is 14.6 Å². The van der Waals surface area contributed by atoms with Crippen molar-refractivity contribution in [2.45, 2.75) is 13.0 Å². The molecule has 2 aromatic carbocycles. The molecule has 3 rings (SSSR count). The zero-order valence-corrected chi connectivity index (χ0v) is 13.6. The molecular weight excluding hydrogens is 296 g/mol. The smallest absolute Gasteiger partial charge is 0.161 e. The number of aliphatic hydroxyl groups excluding tert-OH is 1. The van der Waals surface area contributed by atoms with Crippen LogP contribution in [-0.2, 0) is 0 Å². The topological polar surface area (TPSA) is 38.7 Å². The summed E-state index contributed by atoms with van der Waals surface area (Å²) in [7, 11) is 3.19. The van der Waals surface area contributed by atoms with E-state index in [2.05, 4.69) is 19.1 Å². The van der Waals surface area contributed by atoms with E-state index in [0.717, 1.165) is 11.1 Å². The molecule has 0 aliphatic carbocycles. The lowest BCUT2D eigenvalue weighted by atomic mass is 10.00. The predicted octanol–water partition coefficient (Wildman–Crippen LogP) is 4.31. The van der Waals surface area contributed by atoms with Crippen molar-refractivity contribution in [1.82, 2.24) is 0 Å². The average Bonchev–Trinajstić information content (AvgIpc) is 2.92. The first-order valence-corrected chi connectivity index (χ1v) is 7.84. The molecule has 114 valence electrons. The summed E-state index contributed by atoms with van der Waals surface area (Å²) in [6.45, 7) is 2.09. The number of methoxy groups -OCH3 is 2. The van der Waals surface area contributed by atoms with Crippen molar-refractivity contribution in [2.24, 2.45) is 0 Å². The summed E-state index contributed by atoms with van der Waals surface area (Å²) in [5, 5.41) is 11.8. The minimum absolute atomic E-state index is 0.617. The normalized spacial score (nSPS) is 12.4. The number of hydrogen-bond donors (Lipinski definition) is 1. The molecule has 3 nitrogen and oxygen atoms in total. The van der Waals surface area contributed by atoms with Crippen LogP contribution in [0.2, 0.25) is 0 Å². The first-order chi connectivity index (χ1) is 10.6. The highest BCUT2D eigenvalue weighted by atomic mass is 32.1. The lowest BCUT2D eigenvalue weighted by Crippen LogP contribution is -2.01. The number of rotatable bonds is 4. The van der Waals surface area contributed by atoms with Gasteiger partial charge >= 0.3 is 0 Å². The van der Waals surface area contributed by atoms with Gasteiger partial charge in [-0.25, -0.2) is 0 Å². The van der Waals surface area contributed by atoms with Crippen molar-refractivity contribution >= 4 is 21.4 Å². The number of fused-ring (bicyclic) bond motifs is 1. The Labute approximate surface area is 133 Å². The van der Waals surface area contributed by atoms with Gasteiger partial charge in [0, 0.05) is 9.58 Å². The standard InChI is InChI=1S/C18H18O3S/c1-11-8-14-9-12(5-7-17(14)22-11)18(19)13-4-6-15(20-2)16(10-13)21-3/h4-10,18-19H,1-3H3. The number of ether oxygens (including phenoxy) is 2. The van der Waals surface area contributed by atoms with E-state index in [1.165, 1.54) is 15.0 Å². The van der Waals surface area contributed by atoms with Crippen LogP contribution >= 0.6 is 11.3 Å². The fraction of sp³-hybridized carbons (Fsp3) is 0.222. The Kier molecular flexibility index (Phi) is 4.05. The van der Waals surface area contributed by atoms with E-state index in [4.69, 9.17) is 9.47 Å². The maximum absolute atomic E-state index is 10.6. The highest BCUT2D eigenvalue weighted by Crippen LogP contribution is 2.34. The van der Waals surface area contributed by atoms with Crippen LogP contribution in [0.1, 0.15) is 22.1 Å². The van der Waals surface area contributed by atoms with Crippen molar-refractivity contribution in [3.05, 3.63) is 58.5 Å². The van der Waals surface area contributed by atoms with Gasteiger partial charge in [0.25, 0.3) is 0 Å². The Bertz CT molecular complexity index is 807. The molecule has 0 bridgehead atoms. The van der Waals surface area contributed by atoms with Gasteiger partial charge in [-0.05, 0) is 53.8 Å². The van der Waals surface area contributed by atoms with Gasteiger partial charge in [0.1, 0.15) is 6.10 Å². The molecule has 1 N–H and O–H groups in total. The molecule has 4 heteroatoms. The van der Waals surface area contributed by atoms with E-state index in [1.807, 2.05) is 30.3 Å². The van der Waals surface area contributed by atoms with Gasteiger partial charge in [0.15, 0.2) is 11.5 Å². The Balaban J connectivity index is 1.99. The number of benzene rings is 2. The van der Waals surface area contributed by atoms with E-state index >= 15 is 0 Å². The monoisotopic (exact) mass is 314 g/mol. The fourth-order valence-electron chi connectivity index (χ4n) is 2.58. The first kappa shape index (κ1) is 14.9. The molecule has 0 amide bonds. The molecule has 0 fully saturated rings. The molecule has 0 radical (unpaired) electrons. The fourth-order valence-corrected chi connectivity index (χ4v) is 3.48. The summed E-state index contributed by atoms with van der Waals surface area (Å²) in [5.74, 6) is 1.27. The highest BCUT2D eigenvalue weighted by Gasteiger charge is 2.14. The molecule has 0 saturated carbocycles. The summed E-state index contributed by atoms with van der Waals surface area (Å²) < 4.78 is 11.8. The Morgan fingerprint density at radius 3 is 2.32 bits per heavy atom. The number of aryl methyl sites for hydroxylation is 1. The molecule has 22 heavy (non-hydrogen) atoms. The van der Waals surface area contributed by atoms with Crippen LogP contribution in [0.4, 0.5) is 0 Å². The second-order valence-electron chi connectivity index (χ2n) is 5.17. The van der Waals surface area contributed by atoms with Crippen LogP contribution in [0.15, 0.2) is 42.5 Å². The van der Waals surface area contributed by atoms with E-state index in [9.17, 15) is 5.11 Å². The van der Waals surface area contributed by atoms with E-state index < -0.39 is 6.10 Å². The molecule has 0 saturated heterocycles. The zero-order chi connectivity index (χ0) is 15.7. The predicted molar refractivity (Wildman–Crippen MR) is 90.2 cm³/mol. The van der Waals surface area contributed by atoms with Crippen LogP contribution in [0.3, 0.4) is 0 Å². The van der Waals surface area contributed by atoms with Crippen molar-refractivity contribution in [3.63, 3.8) is 0 Å². The minimum Gasteiger partial charge on any atom is -0.493 e. The van der Waals surface area contributed by atoms with E-state index in [-0.39, 0.29) is 0 Å². The molecule has 0 spiro atoms. The molecule has 1 heterocycles. The Hall–Kier alpha value is -2.04. The maximum Gasteiger partial charge on any atom is 0.161 e. The quantitative estimate of drug-likeness (QED) is 0.780. The van der Waals surface area contributed by atoms with Crippen LogP contribution in [0.5, 0.6) is 11.5 Å². The van der Waals surface area contributed by atoms with Gasteiger partial charge in [-0.15, -0.1) is 11.3 Å². The summed E-state index contributed by atoms with van der Waals surface area (Å²) >= 11 is 1.76. The molecule has 1 unspecified atom stereocenters. The maximum atomic E-state index is 10.6. The van der Waals surface area contributed by atoms with Gasteiger partial charge in [0.05, 0.1) is 14.2 Å². The SMILES string of the molecule is COc1ccc(C(O)c2ccc3sc(C)cc3c2)cc1OC. The van der Waals surface area contributed by atoms with E-state index in [1.54, 1.807) is 25.6 Å². The summed E-state index contributed by atoms with van der Waals surface area (Å²) in [5.41, 5.74) is 1.65. The third-order valence-corrected chi connectivity index (χ3v) is 4.73. The summed E-state index contributed by atoms with van der Waals surface area (Å²) in [6.07, 6.45) is -0.690. The van der Waals surface area contributed by atoms with Gasteiger partial charge in [-0.1, -0.05) is 12.1 Å². The highest BCUT2D eigenvalue weighted by molar-refractivity contribution is 7.19. The lowest BCUT2D eigenvalue weighted by molar-refractivity contribution is 0.219. The molecule has 0 aliphatic heterocycles. The zero-order valence-electron chi connectivity index (χ0n) is 12.8. The molecule has 1 atom stereocenters. The Morgan fingerprint density at radius 1 is 0.909 bits per heavy atom. The van der Waals surface area contributed by atoms with Gasteiger partial charge < -0.3 is 14.6 Å². The third-order valence-electron chi connectivity index (χ3n) is 3.70. The number of hydrogen-bond acceptors (Lipinski definition) is 4. The van der Waals surface area contributed by atoms with Gasteiger partial charge in [0.2, 0.25) is 0 Å². The lowest BCUT2D eigenvalue weighted by Gasteiger charge is -2.14. The first-order valence-electron chi connectivity index (χ1n) is 7.02. The van der Waals surface area contributed by atoms with Crippen LogP contribution in [-0.4, -0.2) is 19.3 Å². The third kappa shape index (κ3) is 2.67. The van der Waals surface area contributed by atoms with Gasteiger partial charge in [-0.2, -0.15) is 0 Å². The largest absolute Gasteiger partial charge is 0.493 e. The summed E-state index contributed by atoms with van der Waals surface area (Å²) in [6, 6.07) is 13.7. The second kappa shape index (κ2) is 5.99. The van der Waals surface area contributed by atoms with Gasteiger partial charge in [-0.3, -0.25) is 0 Å². The van der Waals surface area contributed by atoms with Crippen LogP contribution in [0.25, 0.3) is 10.1 Å². The minimum atomic E-state index is -0.690. The molecule has 3 aromatic rings.